The van der Waals surface area contributed by atoms with Crippen molar-refractivity contribution in [2.45, 2.75) is 12.5 Å². The molecule has 0 saturated carbocycles. The molecule has 0 amide bonds. The van der Waals surface area contributed by atoms with Gasteiger partial charge in [0.2, 0.25) is 0 Å². The minimum atomic E-state index is 0.456. The third kappa shape index (κ3) is 2.48. The van der Waals surface area contributed by atoms with Gasteiger partial charge in [-0.25, -0.2) is 0 Å². The highest BCUT2D eigenvalue weighted by Gasteiger charge is 1.94. The van der Waals surface area contributed by atoms with Gasteiger partial charge < -0.3 is 4.74 Å². The molecule has 0 aromatic carbocycles. The van der Waals surface area contributed by atoms with Crippen LogP contribution >= 0.6 is 11.6 Å². The Labute approximate surface area is 71.2 Å². The van der Waals surface area contributed by atoms with Gasteiger partial charge in [-0.05, 0) is 12.1 Å². The summed E-state index contributed by atoms with van der Waals surface area (Å²) in [7, 11) is 1.65. The molecule has 0 aliphatic heterocycles. The standard InChI is InChI=1S/C8H10ClNO/c1-11-6-8-4-2-3-7(5-9)10-8/h2-4H,5-6H2,1H3. The Hall–Kier alpha value is -0.600. The number of nitrogens with zero attached hydrogens (tertiary/aromatic N) is 1. The van der Waals surface area contributed by atoms with Gasteiger partial charge in [-0.1, -0.05) is 6.07 Å². The maximum atomic E-state index is 5.60. The van der Waals surface area contributed by atoms with Gasteiger partial charge in [0.15, 0.2) is 0 Å². The predicted molar refractivity (Wildman–Crippen MR) is 44.5 cm³/mol. The number of pyridine rings is 1. The lowest BCUT2D eigenvalue weighted by Gasteiger charge is -1.99. The molecule has 0 bridgehead atoms. The minimum Gasteiger partial charge on any atom is -0.378 e. The fourth-order valence-electron chi connectivity index (χ4n) is 0.832. The number of halogens is 1. The van der Waals surface area contributed by atoms with Crippen LogP contribution in [-0.2, 0) is 17.2 Å². The van der Waals surface area contributed by atoms with Crippen molar-refractivity contribution in [1.29, 1.82) is 0 Å². The lowest BCUT2D eigenvalue weighted by Crippen LogP contribution is -1.94. The molecule has 0 atom stereocenters. The summed E-state index contributed by atoms with van der Waals surface area (Å²) in [6.45, 7) is 0.546. The summed E-state index contributed by atoms with van der Waals surface area (Å²) in [5, 5.41) is 0. The monoisotopic (exact) mass is 171 g/mol. The number of alkyl halides is 1. The average Bonchev–Trinajstić information content (AvgIpc) is 2.06. The van der Waals surface area contributed by atoms with E-state index in [1.54, 1.807) is 7.11 Å². The van der Waals surface area contributed by atoms with Gasteiger partial charge in [0, 0.05) is 7.11 Å². The third-order valence-corrected chi connectivity index (χ3v) is 1.57. The highest BCUT2D eigenvalue weighted by atomic mass is 35.5. The molecule has 11 heavy (non-hydrogen) atoms. The first-order valence-electron chi connectivity index (χ1n) is 3.36. The topological polar surface area (TPSA) is 22.1 Å². The van der Waals surface area contributed by atoms with E-state index in [1.807, 2.05) is 18.2 Å². The number of aromatic nitrogens is 1. The van der Waals surface area contributed by atoms with Gasteiger partial charge in [0.1, 0.15) is 0 Å². The predicted octanol–water partition coefficient (Wildman–Crippen LogP) is 1.97. The zero-order chi connectivity index (χ0) is 8.10. The molecule has 0 spiro atoms. The molecule has 1 aromatic rings. The van der Waals surface area contributed by atoms with Crippen LogP contribution in [-0.4, -0.2) is 12.1 Å². The Morgan fingerprint density at radius 3 is 2.82 bits per heavy atom. The van der Waals surface area contributed by atoms with Crippen LogP contribution in [0.4, 0.5) is 0 Å². The van der Waals surface area contributed by atoms with Crippen LogP contribution in [0.3, 0.4) is 0 Å². The number of hydrogen-bond donors (Lipinski definition) is 0. The van der Waals surface area contributed by atoms with E-state index in [0.29, 0.717) is 12.5 Å². The first-order chi connectivity index (χ1) is 5.36. The second kappa shape index (κ2) is 4.31. The summed E-state index contributed by atoms with van der Waals surface area (Å²) >= 11 is 5.60. The van der Waals surface area contributed by atoms with E-state index in [4.69, 9.17) is 16.3 Å². The number of methoxy groups -OCH3 is 1. The molecule has 0 N–H and O–H groups in total. The van der Waals surface area contributed by atoms with E-state index >= 15 is 0 Å². The van der Waals surface area contributed by atoms with E-state index < -0.39 is 0 Å². The molecule has 0 saturated heterocycles. The van der Waals surface area contributed by atoms with Crippen molar-refractivity contribution in [2.24, 2.45) is 0 Å². The lowest BCUT2D eigenvalue weighted by atomic mass is 10.3. The summed E-state index contributed by atoms with van der Waals surface area (Å²) in [4.78, 5) is 4.22. The van der Waals surface area contributed by atoms with Gasteiger partial charge in [-0.2, -0.15) is 0 Å². The highest BCUT2D eigenvalue weighted by molar-refractivity contribution is 6.16. The fourth-order valence-corrected chi connectivity index (χ4v) is 0.981. The number of hydrogen-bond acceptors (Lipinski definition) is 2. The van der Waals surface area contributed by atoms with Crippen LogP contribution in [0, 0.1) is 0 Å². The minimum absolute atomic E-state index is 0.456. The lowest BCUT2D eigenvalue weighted by molar-refractivity contribution is 0.181. The van der Waals surface area contributed by atoms with Gasteiger partial charge >= 0.3 is 0 Å². The quantitative estimate of drug-likeness (QED) is 0.649. The smallest absolute Gasteiger partial charge is 0.0884 e. The largest absolute Gasteiger partial charge is 0.378 e. The molecule has 3 heteroatoms. The number of rotatable bonds is 3. The highest BCUT2D eigenvalue weighted by Crippen LogP contribution is 2.02. The summed E-state index contributed by atoms with van der Waals surface area (Å²) < 4.78 is 4.92. The van der Waals surface area contributed by atoms with Gasteiger partial charge in [-0.15, -0.1) is 11.6 Å². The van der Waals surface area contributed by atoms with Crippen LogP contribution in [0.5, 0.6) is 0 Å². The molecular formula is C8H10ClNO. The first-order valence-corrected chi connectivity index (χ1v) is 3.90. The Bertz CT molecular complexity index is 227. The van der Waals surface area contributed by atoms with Crippen LogP contribution in [0.25, 0.3) is 0 Å². The Kier molecular flexibility index (Phi) is 3.33. The molecule has 0 fully saturated rings. The number of ether oxygens (including phenoxy) is 1. The normalized spacial score (nSPS) is 10.0. The molecule has 1 heterocycles. The molecule has 0 radical (unpaired) electrons. The van der Waals surface area contributed by atoms with Gasteiger partial charge in [-0.3, -0.25) is 4.98 Å². The summed E-state index contributed by atoms with van der Waals surface area (Å²) in [5.74, 6) is 0.456. The van der Waals surface area contributed by atoms with Crippen molar-refractivity contribution in [2.75, 3.05) is 7.11 Å². The molecular weight excluding hydrogens is 162 g/mol. The molecule has 0 aliphatic rings. The second-order valence-corrected chi connectivity index (χ2v) is 2.45. The maximum absolute atomic E-state index is 5.60. The molecule has 60 valence electrons. The molecule has 2 nitrogen and oxygen atoms in total. The molecule has 0 aliphatic carbocycles. The van der Waals surface area contributed by atoms with E-state index in [9.17, 15) is 0 Å². The maximum Gasteiger partial charge on any atom is 0.0884 e. The summed E-state index contributed by atoms with van der Waals surface area (Å²) in [5.41, 5.74) is 1.81. The third-order valence-electron chi connectivity index (χ3n) is 1.29. The zero-order valence-corrected chi connectivity index (χ0v) is 7.14. The van der Waals surface area contributed by atoms with E-state index in [1.165, 1.54) is 0 Å². The average molecular weight is 172 g/mol. The van der Waals surface area contributed by atoms with E-state index in [0.717, 1.165) is 11.4 Å². The summed E-state index contributed by atoms with van der Waals surface area (Å²) in [6, 6.07) is 5.74. The molecule has 1 aromatic heterocycles. The van der Waals surface area contributed by atoms with Gasteiger partial charge in [0.05, 0.1) is 23.9 Å². The van der Waals surface area contributed by atoms with Crippen LogP contribution in [0.15, 0.2) is 18.2 Å². The van der Waals surface area contributed by atoms with Crippen LogP contribution in [0.1, 0.15) is 11.4 Å². The fraction of sp³-hybridized carbons (Fsp3) is 0.375. The van der Waals surface area contributed by atoms with Crippen molar-refractivity contribution in [3.8, 4) is 0 Å². The van der Waals surface area contributed by atoms with Crippen molar-refractivity contribution < 1.29 is 4.74 Å². The zero-order valence-electron chi connectivity index (χ0n) is 6.38. The van der Waals surface area contributed by atoms with Crippen LogP contribution in [0.2, 0.25) is 0 Å². The Morgan fingerprint density at radius 2 is 2.18 bits per heavy atom. The van der Waals surface area contributed by atoms with Crippen molar-refractivity contribution >= 4 is 11.6 Å². The van der Waals surface area contributed by atoms with Crippen molar-refractivity contribution in [3.05, 3.63) is 29.6 Å². The first kappa shape index (κ1) is 8.50. The van der Waals surface area contributed by atoms with E-state index in [2.05, 4.69) is 4.98 Å². The molecule has 0 unspecified atom stereocenters. The van der Waals surface area contributed by atoms with Crippen LogP contribution < -0.4 is 0 Å². The molecule has 1 rings (SSSR count). The van der Waals surface area contributed by atoms with Crippen molar-refractivity contribution in [3.63, 3.8) is 0 Å². The van der Waals surface area contributed by atoms with Gasteiger partial charge in [0.25, 0.3) is 0 Å². The Morgan fingerprint density at radius 1 is 1.45 bits per heavy atom. The second-order valence-electron chi connectivity index (χ2n) is 2.19. The Balaban J connectivity index is 2.74. The SMILES string of the molecule is COCc1cccc(CCl)n1. The summed E-state index contributed by atoms with van der Waals surface area (Å²) in [6.07, 6.45) is 0. The van der Waals surface area contributed by atoms with Crippen molar-refractivity contribution in [1.82, 2.24) is 4.98 Å². The van der Waals surface area contributed by atoms with E-state index in [-0.39, 0.29) is 0 Å².